The van der Waals surface area contributed by atoms with Gasteiger partial charge in [0.1, 0.15) is 11.1 Å². The van der Waals surface area contributed by atoms with Gasteiger partial charge in [-0.1, -0.05) is 15.9 Å². The van der Waals surface area contributed by atoms with E-state index >= 15 is 0 Å². The largest absolute Gasteiger partial charge is 0.493 e. The van der Waals surface area contributed by atoms with E-state index in [0.29, 0.717) is 5.69 Å². The summed E-state index contributed by atoms with van der Waals surface area (Å²) in [6.07, 6.45) is 1.02. The quantitative estimate of drug-likeness (QED) is 0.534. The Kier molecular flexibility index (Phi) is 5.37. The Morgan fingerprint density at radius 3 is 2.38 bits per heavy atom. The van der Waals surface area contributed by atoms with Crippen molar-refractivity contribution in [1.82, 2.24) is 9.55 Å². The Balaban J connectivity index is 2.61. The molecule has 2 aromatic rings. The van der Waals surface area contributed by atoms with Crippen molar-refractivity contribution < 1.29 is 15.3 Å². The second-order valence-corrected chi connectivity index (χ2v) is 6.30. The number of aromatic nitrogens is 2. The number of hydrogen-bond acceptors (Lipinski definition) is 6. The van der Waals surface area contributed by atoms with Gasteiger partial charge in [-0.25, -0.2) is 9.36 Å². The number of benzene rings is 1. The number of H-pyrrole nitrogens is 1. The van der Waals surface area contributed by atoms with Crippen LogP contribution in [0.15, 0.2) is 43.3 Å². The van der Waals surface area contributed by atoms with Crippen LogP contribution in [-0.2, 0) is 0 Å². The molecule has 0 atom stereocenters. The maximum absolute atomic E-state index is 12.0. The topological polar surface area (TPSA) is 128 Å². The number of aromatic amines is 1. The first-order chi connectivity index (χ1) is 11.3. The molecule has 0 saturated carbocycles. The smallest absolute Gasteiger partial charge is 0.335 e. The summed E-state index contributed by atoms with van der Waals surface area (Å²) in [6.45, 7) is 0.565. The van der Waals surface area contributed by atoms with Crippen LogP contribution < -0.4 is 11.2 Å². The second kappa shape index (κ2) is 7.12. The first-order valence-electron chi connectivity index (χ1n) is 6.92. The van der Waals surface area contributed by atoms with Crippen molar-refractivity contribution in [1.29, 1.82) is 0 Å². The normalized spacial score (nSPS) is 12.0. The molecule has 1 aromatic carbocycles. The van der Waals surface area contributed by atoms with E-state index in [1.165, 1.54) is 6.92 Å². The number of hydrogen-bond donors (Lipinski definition) is 4. The van der Waals surface area contributed by atoms with E-state index in [1.807, 2.05) is 0 Å². The van der Waals surface area contributed by atoms with Crippen LogP contribution in [0.25, 0.3) is 5.69 Å². The molecule has 0 radical (unpaired) electrons. The Morgan fingerprint density at radius 1 is 1.25 bits per heavy atom. The molecule has 2 rings (SSSR count). The minimum absolute atomic E-state index is 0.259. The predicted octanol–water partition coefficient (Wildman–Crippen LogP) is 0.156. The number of nitrogens with one attached hydrogen (secondary N) is 1. The van der Waals surface area contributed by atoms with Gasteiger partial charge in [0.05, 0.1) is 18.9 Å². The summed E-state index contributed by atoms with van der Waals surface area (Å²) in [4.78, 5) is 30.0. The molecule has 0 saturated heterocycles. The van der Waals surface area contributed by atoms with Crippen LogP contribution in [0.4, 0.5) is 0 Å². The average molecular weight is 398 g/mol. The fraction of sp³-hybridized carbons (Fsp3) is 0.267. The van der Waals surface area contributed by atoms with E-state index in [0.717, 1.165) is 15.3 Å². The highest BCUT2D eigenvalue weighted by Crippen LogP contribution is 2.18. The van der Waals surface area contributed by atoms with Crippen LogP contribution in [0, 0.1) is 0 Å². The van der Waals surface area contributed by atoms with Gasteiger partial charge in [0.25, 0.3) is 5.56 Å². The summed E-state index contributed by atoms with van der Waals surface area (Å²) < 4.78 is 1.70. The van der Waals surface area contributed by atoms with Crippen molar-refractivity contribution in [2.75, 3.05) is 13.2 Å². The van der Waals surface area contributed by atoms with E-state index in [1.54, 1.807) is 24.3 Å². The second-order valence-electron chi connectivity index (χ2n) is 5.38. The molecular weight excluding hydrogens is 382 g/mol. The van der Waals surface area contributed by atoms with Gasteiger partial charge in [-0.15, -0.1) is 0 Å². The predicted molar refractivity (Wildman–Crippen MR) is 92.2 cm³/mol. The lowest BCUT2D eigenvalue weighted by Crippen LogP contribution is -2.34. The van der Waals surface area contributed by atoms with E-state index < -0.39 is 35.9 Å². The van der Waals surface area contributed by atoms with Gasteiger partial charge < -0.3 is 15.3 Å². The van der Waals surface area contributed by atoms with Crippen molar-refractivity contribution >= 4 is 22.1 Å². The number of aromatic hydroxyl groups is 1. The van der Waals surface area contributed by atoms with Crippen LogP contribution in [-0.4, -0.2) is 49.8 Å². The average Bonchev–Trinajstić information content (AvgIpc) is 2.55. The standard InChI is InChI=1S/C15H16BrN3O5/c1-15(7-20,8-21)17-6-11-12(22)18-14(24)19(13(11)23)10-4-2-9(16)3-5-10/h2-6,20-21,23H,7-8H2,1H3,(H,18,22,24). The van der Waals surface area contributed by atoms with Crippen molar-refractivity contribution in [3.8, 4) is 11.6 Å². The fourth-order valence-corrected chi connectivity index (χ4v) is 2.10. The summed E-state index contributed by atoms with van der Waals surface area (Å²) in [5.41, 5.74) is -2.75. The molecule has 24 heavy (non-hydrogen) atoms. The van der Waals surface area contributed by atoms with Gasteiger partial charge >= 0.3 is 5.69 Å². The summed E-state index contributed by atoms with van der Waals surface area (Å²) in [5.74, 6) is -0.590. The Hall–Kier alpha value is -2.23. The number of aliphatic hydroxyl groups excluding tert-OH is 2. The van der Waals surface area contributed by atoms with Crippen molar-refractivity contribution in [2.45, 2.75) is 12.5 Å². The van der Waals surface area contributed by atoms with Crippen LogP contribution in [0.3, 0.4) is 0 Å². The molecule has 4 N–H and O–H groups in total. The lowest BCUT2D eigenvalue weighted by Gasteiger charge is -2.18. The van der Waals surface area contributed by atoms with E-state index in [9.17, 15) is 24.9 Å². The molecule has 1 aromatic heterocycles. The minimum atomic E-state index is -1.21. The summed E-state index contributed by atoms with van der Waals surface area (Å²) in [5, 5.41) is 28.8. The molecule has 0 unspecified atom stereocenters. The molecular formula is C15H16BrN3O5. The van der Waals surface area contributed by atoms with Crippen LogP contribution >= 0.6 is 15.9 Å². The van der Waals surface area contributed by atoms with Crippen LogP contribution in [0.5, 0.6) is 5.88 Å². The van der Waals surface area contributed by atoms with Gasteiger partial charge in [-0.05, 0) is 31.2 Å². The van der Waals surface area contributed by atoms with Gasteiger partial charge in [0.2, 0.25) is 5.88 Å². The van der Waals surface area contributed by atoms with Crippen molar-refractivity contribution in [2.24, 2.45) is 4.99 Å². The van der Waals surface area contributed by atoms with Gasteiger partial charge in [0.15, 0.2) is 0 Å². The number of aliphatic hydroxyl groups is 2. The molecule has 128 valence electrons. The molecule has 0 amide bonds. The molecule has 0 bridgehead atoms. The van der Waals surface area contributed by atoms with E-state index in [4.69, 9.17) is 0 Å². The highest BCUT2D eigenvalue weighted by Gasteiger charge is 2.21. The molecule has 8 nitrogen and oxygen atoms in total. The number of nitrogens with zero attached hydrogens (tertiary/aromatic N) is 2. The minimum Gasteiger partial charge on any atom is -0.493 e. The third-order valence-electron chi connectivity index (χ3n) is 3.39. The van der Waals surface area contributed by atoms with Gasteiger partial charge in [-0.3, -0.25) is 14.8 Å². The molecule has 0 fully saturated rings. The first-order valence-corrected chi connectivity index (χ1v) is 7.72. The monoisotopic (exact) mass is 397 g/mol. The van der Waals surface area contributed by atoms with Crippen LogP contribution in [0.2, 0.25) is 0 Å². The zero-order valence-corrected chi connectivity index (χ0v) is 14.3. The lowest BCUT2D eigenvalue weighted by molar-refractivity contribution is 0.136. The first kappa shape index (κ1) is 18.1. The van der Waals surface area contributed by atoms with Crippen molar-refractivity contribution in [3.63, 3.8) is 0 Å². The number of halogens is 1. The maximum atomic E-state index is 12.0. The fourth-order valence-electron chi connectivity index (χ4n) is 1.84. The third kappa shape index (κ3) is 3.64. The highest BCUT2D eigenvalue weighted by molar-refractivity contribution is 9.10. The molecule has 0 aliphatic heterocycles. The summed E-state index contributed by atoms with van der Waals surface area (Å²) in [6, 6.07) is 6.51. The zero-order valence-electron chi connectivity index (χ0n) is 12.7. The SMILES string of the molecule is CC(CO)(CO)N=Cc1c(O)n(-c2ccc(Br)cc2)c(=O)[nH]c1=O. The molecule has 0 aliphatic carbocycles. The van der Waals surface area contributed by atoms with Gasteiger partial charge in [0, 0.05) is 10.7 Å². The molecule has 9 heteroatoms. The summed E-state index contributed by atoms with van der Waals surface area (Å²) in [7, 11) is 0. The Labute approximate surface area is 144 Å². The van der Waals surface area contributed by atoms with Crippen LogP contribution in [0.1, 0.15) is 12.5 Å². The van der Waals surface area contributed by atoms with Gasteiger partial charge in [-0.2, -0.15) is 0 Å². The molecule has 0 aliphatic rings. The van der Waals surface area contributed by atoms with E-state index in [-0.39, 0.29) is 5.56 Å². The highest BCUT2D eigenvalue weighted by atomic mass is 79.9. The lowest BCUT2D eigenvalue weighted by atomic mass is 10.1. The Bertz CT molecular complexity index is 866. The molecule has 1 heterocycles. The number of rotatable bonds is 5. The van der Waals surface area contributed by atoms with Crippen molar-refractivity contribution in [3.05, 3.63) is 55.1 Å². The molecule has 0 spiro atoms. The Morgan fingerprint density at radius 2 is 1.83 bits per heavy atom. The van der Waals surface area contributed by atoms with E-state index in [2.05, 4.69) is 25.9 Å². The zero-order chi connectivity index (χ0) is 17.9. The number of aliphatic imine (C=N–C) groups is 1. The third-order valence-corrected chi connectivity index (χ3v) is 3.92. The summed E-state index contributed by atoms with van der Waals surface area (Å²) >= 11 is 3.27. The maximum Gasteiger partial charge on any atom is 0.335 e.